The van der Waals surface area contributed by atoms with Crippen LogP contribution in [0.3, 0.4) is 0 Å². The first kappa shape index (κ1) is 18.9. The molecule has 0 spiro atoms. The van der Waals surface area contributed by atoms with E-state index in [1.165, 1.54) is 54.3 Å². The van der Waals surface area contributed by atoms with Crippen molar-refractivity contribution in [1.29, 1.82) is 0 Å². The van der Waals surface area contributed by atoms with E-state index in [1.54, 1.807) is 5.56 Å². The number of ether oxygens (including phenoxy) is 1. The van der Waals surface area contributed by atoms with Crippen molar-refractivity contribution < 1.29 is 4.74 Å². The quantitative estimate of drug-likeness (QED) is 0.453. The van der Waals surface area contributed by atoms with Gasteiger partial charge in [0.25, 0.3) is 0 Å². The highest BCUT2D eigenvalue weighted by Crippen LogP contribution is 2.51. The number of rotatable bonds is 3. The lowest BCUT2D eigenvalue weighted by molar-refractivity contribution is -0.0620. The summed E-state index contributed by atoms with van der Waals surface area (Å²) in [6.07, 6.45) is 7.93. The van der Waals surface area contributed by atoms with Crippen LogP contribution in [0.5, 0.6) is 0 Å². The largest absolute Gasteiger partial charge is 0.366 e. The van der Waals surface area contributed by atoms with Gasteiger partial charge in [-0.1, -0.05) is 67.8 Å². The predicted octanol–water partition coefficient (Wildman–Crippen LogP) is 7.54. The van der Waals surface area contributed by atoms with Gasteiger partial charge in [-0.15, -0.1) is 0 Å². The predicted molar refractivity (Wildman–Crippen MR) is 121 cm³/mol. The van der Waals surface area contributed by atoms with Gasteiger partial charge in [0.1, 0.15) is 6.10 Å². The third-order valence-electron chi connectivity index (χ3n) is 6.74. The fourth-order valence-corrected chi connectivity index (χ4v) is 5.70. The molecule has 152 valence electrons. The molecule has 2 aromatic carbocycles. The van der Waals surface area contributed by atoms with Gasteiger partial charge in [0, 0.05) is 17.3 Å². The van der Waals surface area contributed by atoms with Gasteiger partial charge >= 0.3 is 0 Å². The monoisotopic (exact) mass is 387 g/mol. The zero-order valence-electron chi connectivity index (χ0n) is 18.0. The average Bonchev–Trinajstić information content (AvgIpc) is 3.24. The minimum atomic E-state index is -0.151. The number of benzene rings is 2. The van der Waals surface area contributed by atoms with Crippen LogP contribution in [0.1, 0.15) is 94.2 Å². The summed E-state index contributed by atoms with van der Waals surface area (Å²) >= 11 is 0. The zero-order chi connectivity index (χ0) is 20.0. The highest BCUT2D eigenvalue weighted by atomic mass is 16.5. The molecule has 1 fully saturated rings. The van der Waals surface area contributed by atoms with E-state index in [0.29, 0.717) is 12.0 Å². The van der Waals surface area contributed by atoms with Crippen molar-refractivity contribution in [3.8, 4) is 0 Å². The Morgan fingerprint density at radius 1 is 0.862 bits per heavy atom. The van der Waals surface area contributed by atoms with Crippen molar-refractivity contribution in [1.82, 2.24) is 4.57 Å². The number of hydrogen-bond acceptors (Lipinski definition) is 1. The van der Waals surface area contributed by atoms with Crippen molar-refractivity contribution in [3.63, 3.8) is 0 Å². The summed E-state index contributed by atoms with van der Waals surface area (Å²) in [5.74, 6) is 0.672. The highest BCUT2D eigenvalue weighted by Gasteiger charge is 2.40. The minimum Gasteiger partial charge on any atom is -0.366 e. The van der Waals surface area contributed by atoms with Crippen LogP contribution in [0.25, 0.3) is 10.9 Å². The molecule has 1 aliphatic heterocycles. The normalized spacial score (nSPS) is 22.9. The van der Waals surface area contributed by atoms with E-state index < -0.39 is 0 Å². The van der Waals surface area contributed by atoms with Gasteiger partial charge in [-0.05, 0) is 56.7 Å². The summed E-state index contributed by atoms with van der Waals surface area (Å²) < 4.78 is 9.35. The molecule has 1 aliphatic carbocycles. The van der Waals surface area contributed by atoms with Crippen molar-refractivity contribution in [2.45, 2.75) is 83.0 Å². The maximum Gasteiger partial charge on any atom is 0.101 e. The molecule has 3 aromatic rings. The first-order valence-electron chi connectivity index (χ1n) is 11.4. The van der Waals surface area contributed by atoms with Crippen molar-refractivity contribution in [3.05, 3.63) is 71.4 Å². The Labute approximate surface area is 174 Å². The first-order valence-corrected chi connectivity index (χ1v) is 11.4. The zero-order valence-corrected chi connectivity index (χ0v) is 18.0. The van der Waals surface area contributed by atoms with Gasteiger partial charge in [0.15, 0.2) is 0 Å². The second-order valence-corrected chi connectivity index (χ2v) is 9.90. The molecular weight excluding hydrogens is 354 g/mol. The molecule has 1 aromatic heterocycles. The Balaban J connectivity index is 1.73. The van der Waals surface area contributed by atoms with Gasteiger partial charge in [-0.2, -0.15) is 0 Å². The van der Waals surface area contributed by atoms with Crippen molar-refractivity contribution in [2.24, 2.45) is 0 Å². The van der Waals surface area contributed by atoms with E-state index in [2.05, 4.69) is 79.9 Å². The summed E-state index contributed by atoms with van der Waals surface area (Å²) in [6, 6.07) is 20.4. The maximum absolute atomic E-state index is 6.72. The molecule has 0 amide bonds. The molecule has 2 aliphatic rings. The summed E-state index contributed by atoms with van der Waals surface area (Å²) in [4.78, 5) is 0. The Morgan fingerprint density at radius 2 is 1.55 bits per heavy atom. The average molecular weight is 388 g/mol. The summed E-state index contributed by atoms with van der Waals surface area (Å²) in [7, 11) is 0. The number of nitrogens with zero attached hydrogens (tertiary/aromatic N) is 1. The lowest BCUT2D eigenvalue weighted by atomic mass is 9.82. The minimum absolute atomic E-state index is 0.151. The Bertz CT molecular complexity index is 989. The molecule has 2 heteroatoms. The fourth-order valence-electron chi connectivity index (χ4n) is 5.70. The number of fused-ring (bicyclic) bond motifs is 3. The van der Waals surface area contributed by atoms with Crippen LogP contribution in [0.4, 0.5) is 0 Å². The molecule has 0 saturated heterocycles. The molecule has 29 heavy (non-hydrogen) atoms. The molecule has 2 nitrogen and oxygen atoms in total. The molecular formula is C27H33NO. The third-order valence-corrected chi connectivity index (χ3v) is 6.74. The molecule has 2 atom stereocenters. The van der Waals surface area contributed by atoms with Crippen molar-refractivity contribution in [2.75, 3.05) is 0 Å². The molecule has 2 heterocycles. The lowest BCUT2D eigenvalue weighted by Crippen LogP contribution is -2.22. The maximum atomic E-state index is 6.72. The van der Waals surface area contributed by atoms with Gasteiger partial charge in [0.05, 0.1) is 17.3 Å². The Hall–Kier alpha value is -2.06. The van der Waals surface area contributed by atoms with Crippen LogP contribution in [0.2, 0.25) is 0 Å². The SMILES string of the molecule is CC(C)(C)OC1CC(c2ccccc2)n2c1c(C1CCCCC1)c1ccccc12. The second-order valence-electron chi connectivity index (χ2n) is 9.90. The van der Waals surface area contributed by atoms with Crippen LogP contribution in [0, 0.1) is 0 Å². The van der Waals surface area contributed by atoms with Gasteiger partial charge < -0.3 is 9.30 Å². The van der Waals surface area contributed by atoms with Crippen LogP contribution >= 0.6 is 0 Å². The number of para-hydroxylation sites is 1. The van der Waals surface area contributed by atoms with Crippen molar-refractivity contribution >= 4 is 10.9 Å². The number of hydrogen-bond donors (Lipinski definition) is 0. The topological polar surface area (TPSA) is 14.2 Å². The van der Waals surface area contributed by atoms with E-state index in [9.17, 15) is 0 Å². The standard InChI is InChI=1S/C27H33NO/c1-27(2,3)29-24-18-23(19-12-6-4-7-13-19)28-22-17-11-10-16-21(22)25(26(24)28)20-14-8-5-9-15-20/h4,6-7,10-13,16-17,20,23-24H,5,8-9,14-15,18H2,1-3H3. The fraction of sp³-hybridized carbons (Fsp3) is 0.481. The lowest BCUT2D eigenvalue weighted by Gasteiger charge is -2.28. The van der Waals surface area contributed by atoms with Crippen LogP contribution in [-0.2, 0) is 4.74 Å². The summed E-state index contributed by atoms with van der Waals surface area (Å²) in [6.45, 7) is 6.57. The van der Waals surface area contributed by atoms with E-state index in [1.807, 2.05) is 0 Å². The summed E-state index contributed by atoms with van der Waals surface area (Å²) in [5, 5.41) is 1.46. The van der Waals surface area contributed by atoms with E-state index in [0.717, 1.165) is 6.42 Å². The first-order chi connectivity index (χ1) is 14.0. The van der Waals surface area contributed by atoms with Crippen LogP contribution < -0.4 is 0 Å². The number of aromatic nitrogens is 1. The van der Waals surface area contributed by atoms with Crippen LogP contribution in [0.15, 0.2) is 54.6 Å². The highest BCUT2D eigenvalue weighted by molar-refractivity contribution is 5.87. The van der Waals surface area contributed by atoms with E-state index >= 15 is 0 Å². The smallest absolute Gasteiger partial charge is 0.101 e. The van der Waals surface area contributed by atoms with Gasteiger partial charge in [-0.3, -0.25) is 0 Å². The third kappa shape index (κ3) is 3.42. The molecule has 1 saturated carbocycles. The molecule has 0 bridgehead atoms. The van der Waals surface area contributed by atoms with E-state index in [4.69, 9.17) is 4.74 Å². The Morgan fingerprint density at radius 3 is 2.28 bits per heavy atom. The molecule has 5 rings (SSSR count). The van der Waals surface area contributed by atoms with Gasteiger partial charge in [0.2, 0.25) is 0 Å². The molecule has 0 radical (unpaired) electrons. The van der Waals surface area contributed by atoms with E-state index in [-0.39, 0.29) is 11.7 Å². The molecule has 2 unspecified atom stereocenters. The second kappa shape index (κ2) is 7.32. The van der Waals surface area contributed by atoms with Gasteiger partial charge in [-0.25, -0.2) is 0 Å². The summed E-state index contributed by atoms with van der Waals surface area (Å²) in [5.41, 5.74) is 5.68. The van der Waals surface area contributed by atoms with Crippen LogP contribution in [-0.4, -0.2) is 10.2 Å². The molecule has 0 N–H and O–H groups in total. The Kier molecular flexibility index (Phi) is 4.78.